The highest BCUT2D eigenvalue weighted by Gasteiger charge is 2.43. The number of hydrogen-bond donors (Lipinski definition) is 3. The molecule has 12 heteroatoms. The van der Waals surface area contributed by atoms with Crippen LogP contribution in [0.3, 0.4) is 0 Å². The number of benzene rings is 1. The summed E-state index contributed by atoms with van der Waals surface area (Å²) in [5.41, 5.74) is 0.937. The first-order valence-electron chi connectivity index (χ1n) is 16.2. The molecular formula is C34H53N5O7. The van der Waals surface area contributed by atoms with Crippen molar-refractivity contribution in [1.82, 2.24) is 20.4 Å². The lowest BCUT2D eigenvalue weighted by molar-refractivity contribution is -0.147. The summed E-state index contributed by atoms with van der Waals surface area (Å²) in [4.78, 5) is 55.5. The fourth-order valence-corrected chi connectivity index (χ4v) is 6.45. The summed E-state index contributed by atoms with van der Waals surface area (Å²) in [6.45, 7) is 9.74. The molecule has 0 unspecified atom stereocenters. The second-order valence-corrected chi connectivity index (χ2v) is 12.6. The highest BCUT2D eigenvalue weighted by atomic mass is 16.5. The highest BCUT2D eigenvalue weighted by Crippen LogP contribution is 2.29. The molecule has 1 aromatic carbocycles. The lowest BCUT2D eigenvalue weighted by Crippen LogP contribution is -2.57. The number of carbonyl (C=O) groups excluding carboxylic acids is 3. The molecular weight excluding hydrogens is 590 g/mol. The zero-order valence-electron chi connectivity index (χ0n) is 28.6. The monoisotopic (exact) mass is 643 g/mol. The van der Waals surface area contributed by atoms with Gasteiger partial charge in [-0.15, -0.1) is 0 Å². The van der Waals surface area contributed by atoms with Crippen molar-refractivity contribution < 1.29 is 33.8 Å². The molecule has 8 atom stereocenters. The van der Waals surface area contributed by atoms with Gasteiger partial charge in [0.15, 0.2) is 0 Å². The van der Waals surface area contributed by atoms with E-state index in [1.165, 1.54) is 19.1 Å². The molecule has 12 nitrogen and oxygen atoms in total. The first-order chi connectivity index (χ1) is 21.8. The van der Waals surface area contributed by atoms with Crippen LogP contribution >= 0.6 is 0 Å². The number of nitriles is 1. The van der Waals surface area contributed by atoms with E-state index >= 15 is 0 Å². The number of likely N-dealkylation sites (tertiary alicyclic amines) is 1. The number of methoxy groups -OCH3 is 2. The fraction of sp³-hybridized carbons (Fsp3) is 0.676. The molecule has 1 fully saturated rings. The molecule has 4 amide bonds. The minimum Gasteiger partial charge on any atom is -0.465 e. The van der Waals surface area contributed by atoms with Gasteiger partial charge in [0.25, 0.3) is 0 Å². The van der Waals surface area contributed by atoms with Crippen LogP contribution in [0.2, 0.25) is 0 Å². The maximum Gasteiger partial charge on any atom is 0.405 e. The number of nitrogens with one attached hydrogen (secondary N) is 2. The molecule has 3 N–H and O–H groups in total. The third-order valence-corrected chi connectivity index (χ3v) is 9.23. The average molecular weight is 644 g/mol. The number of ether oxygens (including phenoxy) is 2. The van der Waals surface area contributed by atoms with E-state index in [0.29, 0.717) is 25.8 Å². The summed E-state index contributed by atoms with van der Waals surface area (Å²) in [7, 11) is 4.66. The zero-order valence-corrected chi connectivity index (χ0v) is 28.6. The number of nitrogens with zero attached hydrogens (tertiary/aromatic N) is 3. The van der Waals surface area contributed by atoms with Crippen molar-refractivity contribution in [1.29, 1.82) is 5.26 Å². The van der Waals surface area contributed by atoms with Gasteiger partial charge < -0.3 is 35.0 Å². The van der Waals surface area contributed by atoms with Gasteiger partial charge >= 0.3 is 6.09 Å². The molecule has 0 bridgehead atoms. The van der Waals surface area contributed by atoms with Crippen molar-refractivity contribution in [2.24, 2.45) is 17.8 Å². The van der Waals surface area contributed by atoms with Crippen LogP contribution in [0.25, 0.3) is 0 Å². The quantitative estimate of drug-likeness (QED) is 0.233. The van der Waals surface area contributed by atoms with Gasteiger partial charge in [-0.3, -0.25) is 14.4 Å². The first-order valence-corrected chi connectivity index (χ1v) is 16.2. The van der Waals surface area contributed by atoms with Gasteiger partial charge in [0, 0.05) is 34.2 Å². The normalized spacial score (nSPS) is 19.2. The van der Waals surface area contributed by atoms with Gasteiger partial charge in [-0.1, -0.05) is 71.4 Å². The molecule has 2 rings (SSSR count). The van der Waals surface area contributed by atoms with Crippen molar-refractivity contribution in [3.05, 3.63) is 35.9 Å². The van der Waals surface area contributed by atoms with Crippen molar-refractivity contribution >= 4 is 23.8 Å². The smallest absolute Gasteiger partial charge is 0.405 e. The van der Waals surface area contributed by atoms with Crippen molar-refractivity contribution in [2.45, 2.75) is 103 Å². The predicted octanol–water partition coefficient (Wildman–Crippen LogP) is 3.45. The Morgan fingerprint density at radius 2 is 1.74 bits per heavy atom. The Bertz CT molecular complexity index is 1190. The number of hydrogen-bond acceptors (Lipinski definition) is 7. The summed E-state index contributed by atoms with van der Waals surface area (Å²) in [5, 5.41) is 24.2. The number of likely N-dealkylation sites (N-methyl/N-ethyl adjacent to an activating group) is 1. The van der Waals surface area contributed by atoms with Crippen LogP contribution in [0.1, 0.15) is 65.9 Å². The number of carbonyl (C=O) groups is 4. The van der Waals surface area contributed by atoms with Gasteiger partial charge in [0.05, 0.1) is 42.7 Å². The second-order valence-electron chi connectivity index (χ2n) is 12.6. The van der Waals surface area contributed by atoms with Crippen molar-refractivity contribution in [2.75, 3.05) is 27.8 Å². The summed E-state index contributed by atoms with van der Waals surface area (Å²) in [5.74, 6) is -1.88. The minimum atomic E-state index is -1.28. The molecule has 0 radical (unpaired) electrons. The summed E-state index contributed by atoms with van der Waals surface area (Å²) in [6, 6.07) is 9.11. The summed E-state index contributed by atoms with van der Waals surface area (Å²) < 4.78 is 11.7. The van der Waals surface area contributed by atoms with Gasteiger partial charge in [-0.25, -0.2) is 4.79 Å². The molecule has 1 aliphatic rings. The molecule has 0 saturated carbocycles. The maximum absolute atomic E-state index is 13.9. The van der Waals surface area contributed by atoms with E-state index in [1.807, 2.05) is 44.2 Å². The Morgan fingerprint density at radius 1 is 1.09 bits per heavy atom. The number of amides is 4. The topological polar surface area (TPSA) is 161 Å². The zero-order chi connectivity index (χ0) is 34.6. The minimum absolute atomic E-state index is 0.0110. The van der Waals surface area contributed by atoms with E-state index in [-0.39, 0.29) is 36.1 Å². The molecule has 256 valence electrons. The van der Waals surface area contributed by atoms with Crippen LogP contribution in [0.15, 0.2) is 30.3 Å². The SMILES string of the molecule is CC[C@H](C)[C@@H]([C@@H](CC(=O)N1CCC[C@H]1[C@H](OC)[C@@H](C)C(=O)N[C@H](C#N)Cc1ccccc1)OC)N(C)C(=O)[C@@H](NC(=O)O)C(C)C. The maximum atomic E-state index is 13.9. The van der Waals surface area contributed by atoms with Crippen LogP contribution in [0, 0.1) is 29.1 Å². The fourth-order valence-electron chi connectivity index (χ4n) is 6.45. The van der Waals surface area contributed by atoms with E-state index in [9.17, 15) is 29.5 Å². The van der Waals surface area contributed by atoms with Crippen LogP contribution in [-0.2, 0) is 30.3 Å². The van der Waals surface area contributed by atoms with E-state index in [1.54, 1.807) is 32.7 Å². The molecule has 0 aliphatic carbocycles. The molecule has 1 aliphatic heterocycles. The Balaban J connectivity index is 2.21. The lowest BCUT2D eigenvalue weighted by atomic mass is 9.89. The average Bonchev–Trinajstić information content (AvgIpc) is 3.52. The largest absolute Gasteiger partial charge is 0.465 e. The van der Waals surface area contributed by atoms with E-state index < -0.39 is 48.3 Å². The highest BCUT2D eigenvalue weighted by molar-refractivity contribution is 5.86. The van der Waals surface area contributed by atoms with Crippen LogP contribution in [-0.4, -0.2) is 103 Å². The third-order valence-electron chi connectivity index (χ3n) is 9.23. The van der Waals surface area contributed by atoms with E-state index in [0.717, 1.165) is 12.0 Å². The van der Waals surface area contributed by atoms with Crippen LogP contribution in [0.5, 0.6) is 0 Å². The van der Waals surface area contributed by atoms with Crippen molar-refractivity contribution in [3.63, 3.8) is 0 Å². The van der Waals surface area contributed by atoms with Crippen LogP contribution in [0.4, 0.5) is 4.79 Å². The molecule has 1 saturated heterocycles. The molecule has 0 aromatic heterocycles. The predicted molar refractivity (Wildman–Crippen MR) is 174 cm³/mol. The van der Waals surface area contributed by atoms with Gasteiger partial charge in [-0.05, 0) is 30.2 Å². The van der Waals surface area contributed by atoms with E-state index in [4.69, 9.17) is 9.47 Å². The van der Waals surface area contributed by atoms with Gasteiger partial charge in [-0.2, -0.15) is 5.26 Å². The Hall–Kier alpha value is -3.69. The van der Waals surface area contributed by atoms with Gasteiger partial charge in [0.1, 0.15) is 12.1 Å². The Labute approximate surface area is 273 Å². The van der Waals surface area contributed by atoms with Crippen molar-refractivity contribution in [3.8, 4) is 6.07 Å². The third kappa shape index (κ3) is 10.2. The lowest BCUT2D eigenvalue weighted by Gasteiger charge is -2.40. The van der Waals surface area contributed by atoms with Gasteiger partial charge in [0.2, 0.25) is 17.7 Å². The summed E-state index contributed by atoms with van der Waals surface area (Å²) in [6.07, 6.45) is -0.0986. The molecule has 1 aromatic rings. The molecule has 1 heterocycles. The Morgan fingerprint density at radius 3 is 2.26 bits per heavy atom. The molecule has 46 heavy (non-hydrogen) atoms. The number of carboxylic acid groups (broad SMARTS) is 1. The van der Waals surface area contributed by atoms with Crippen LogP contribution < -0.4 is 10.6 Å². The summed E-state index contributed by atoms with van der Waals surface area (Å²) >= 11 is 0. The first kappa shape index (κ1) is 38.5. The van der Waals surface area contributed by atoms with E-state index in [2.05, 4.69) is 16.7 Å². The Kier molecular flexibility index (Phi) is 15.4. The molecule has 0 spiro atoms. The number of rotatable bonds is 17. The second kappa shape index (κ2) is 18.5. The standard InChI is InChI=1S/C34H53N5O7/c1-9-22(4)30(38(6)33(42)29(21(2)3)37-34(43)44)27(45-7)19-28(40)39-17-13-16-26(39)31(46-8)23(5)32(41)36-25(20-35)18-24-14-11-10-12-15-24/h10-12,14-15,21-23,25-27,29-31,37H,9,13,16-19H2,1-8H3,(H,36,41)(H,43,44)/t22-,23+,25-,26-,27+,29-,30-,31+/m0/s1.